The number of aromatic hydroxyl groups is 1. The van der Waals surface area contributed by atoms with Crippen molar-refractivity contribution in [3.05, 3.63) is 70.0 Å². The van der Waals surface area contributed by atoms with Gasteiger partial charge in [-0.15, -0.1) is 12.4 Å². The highest BCUT2D eigenvalue weighted by molar-refractivity contribution is 5.87. The Bertz CT molecular complexity index is 942. The molecule has 0 saturated heterocycles. The predicted octanol–water partition coefficient (Wildman–Crippen LogP) is 2.49. The van der Waals surface area contributed by atoms with Gasteiger partial charge in [-0.05, 0) is 35.4 Å². The monoisotopic (exact) mass is 376 g/mol. The first-order valence-corrected chi connectivity index (χ1v) is 7.95. The van der Waals surface area contributed by atoms with E-state index < -0.39 is 6.10 Å². The summed E-state index contributed by atoms with van der Waals surface area (Å²) in [5.41, 5.74) is 1.72. The second-order valence-corrected chi connectivity index (χ2v) is 5.78. The summed E-state index contributed by atoms with van der Waals surface area (Å²) < 4.78 is 5.19. The molecule has 3 aromatic rings. The van der Waals surface area contributed by atoms with Gasteiger partial charge >= 0.3 is 0 Å². The fraction of sp³-hybridized carbons (Fsp3) is 0.211. The molecule has 0 radical (unpaired) electrons. The maximum Gasteiger partial charge on any atom is 0.248 e. The zero-order chi connectivity index (χ0) is 17.8. The lowest BCUT2D eigenvalue weighted by Gasteiger charge is -2.15. The van der Waals surface area contributed by atoms with Crippen LogP contribution in [0.1, 0.15) is 17.2 Å². The molecule has 138 valence electrons. The molecule has 0 spiro atoms. The molecule has 0 aliphatic rings. The molecular weight excluding hydrogens is 356 g/mol. The number of phenols is 1. The first-order valence-electron chi connectivity index (χ1n) is 7.95. The molecule has 26 heavy (non-hydrogen) atoms. The number of aromatic amines is 1. The molecule has 1 heterocycles. The number of phenolic OH excluding ortho intramolecular Hbond substituents is 1. The number of hydrogen-bond acceptors (Lipinski definition) is 5. The Hall–Kier alpha value is -2.54. The molecule has 3 rings (SSSR count). The van der Waals surface area contributed by atoms with E-state index in [1.54, 1.807) is 19.2 Å². The number of benzene rings is 2. The lowest BCUT2D eigenvalue weighted by molar-refractivity contribution is 0.176. The van der Waals surface area contributed by atoms with Crippen molar-refractivity contribution in [3.63, 3.8) is 0 Å². The van der Waals surface area contributed by atoms with Crippen LogP contribution in [0, 0.1) is 0 Å². The van der Waals surface area contributed by atoms with E-state index in [9.17, 15) is 15.0 Å². The molecule has 1 atom stereocenters. The molecule has 6 nitrogen and oxygen atoms in total. The van der Waals surface area contributed by atoms with Crippen molar-refractivity contribution in [1.29, 1.82) is 0 Å². The number of aliphatic hydroxyl groups excluding tert-OH is 1. The number of aromatic nitrogens is 1. The summed E-state index contributed by atoms with van der Waals surface area (Å²) >= 11 is 0. The second-order valence-electron chi connectivity index (χ2n) is 5.78. The minimum Gasteiger partial charge on any atom is -0.506 e. The third-order valence-electron chi connectivity index (χ3n) is 4.07. The Morgan fingerprint density at radius 3 is 2.77 bits per heavy atom. The van der Waals surface area contributed by atoms with Crippen molar-refractivity contribution in [1.82, 2.24) is 10.3 Å². The lowest BCUT2D eigenvalue weighted by atomic mass is 10.0. The lowest BCUT2D eigenvalue weighted by Crippen LogP contribution is -2.21. The molecule has 0 unspecified atom stereocenters. The number of rotatable bonds is 6. The zero-order valence-electron chi connectivity index (χ0n) is 14.2. The van der Waals surface area contributed by atoms with Gasteiger partial charge < -0.3 is 25.3 Å². The van der Waals surface area contributed by atoms with Crippen molar-refractivity contribution in [2.75, 3.05) is 13.7 Å². The van der Waals surface area contributed by atoms with E-state index in [0.29, 0.717) is 29.6 Å². The summed E-state index contributed by atoms with van der Waals surface area (Å²) in [4.78, 5) is 14.0. The standard InChI is InChI=1S/C19H20N2O4.ClH/c1-25-13-4-2-3-12(9-13)10-20-11-17(23)14-5-7-16(22)19-15(14)6-8-18(24)21-19;/h2-9,17,20,22-23H,10-11H2,1H3,(H,21,24);1H/t17-;/m0./s1. The Kier molecular flexibility index (Phi) is 6.63. The van der Waals surface area contributed by atoms with Crippen LogP contribution in [0.15, 0.2) is 53.3 Å². The van der Waals surface area contributed by atoms with Gasteiger partial charge in [0.2, 0.25) is 5.56 Å². The van der Waals surface area contributed by atoms with Crippen molar-refractivity contribution in [3.8, 4) is 11.5 Å². The molecule has 1 aromatic heterocycles. The third-order valence-corrected chi connectivity index (χ3v) is 4.07. The molecule has 4 N–H and O–H groups in total. The van der Waals surface area contributed by atoms with Crippen molar-refractivity contribution in [2.24, 2.45) is 0 Å². The minimum absolute atomic E-state index is 0. The smallest absolute Gasteiger partial charge is 0.248 e. The number of nitrogens with one attached hydrogen (secondary N) is 2. The van der Waals surface area contributed by atoms with E-state index in [1.165, 1.54) is 12.1 Å². The molecular formula is C19H21ClN2O4. The van der Waals surface area contributed by atoms with Crippen LogP contribution in [0.5, 0.6) is 11.5 Å². The van der Waals surface area contributed by atoms with E-state index in [1.807, 2.05) is 24.3 Å². The van der Waals surface area contributed by atoms with Crippen LogP contribution in [0.3, 0.4) is 0 Å². The Balaban J connectivity index is 0.00000243. The number of methoxy groups -OCH3 is 1. The summed E-state index contributed by atoms with van der Waals surface area (Å²) in [6.45, 7) is 0.914. The molecule has 7 heteroatoms. The van der Waals surface area contributed by atoms with Gasteiger partial charge in [-0.3, -0.25) is 4.79 Å². The highest BCUT2D eigenvalue weighted by Crippen LogP contribution is 2.28. The van der Waals surface area contributed by atoms with Crippen molar-refractivity contribution < 1.29 is 14.9 Å². The molecule has 0 bridgehead atoms. The van der Waals surface area contributed by atoms with Crippen LogP contribution in [-0.4, -0.2) is 28.9 Å². The second kappa shape index (κ2) is 8.71. The number of fused-ring (bicyclic) bond motifs is 1. The molecule has 0 aliphatic heterocycles. The van der Waals surface area contributed by atoms with Gasteiger partial charge in [0.15, 0.2) is 0 Å². The van der Waals surface area contributed by atoms with Gasteiger partial charge in [0, 0.05) is 24.5 Å². The Labute approximate surface area is 156 Å². The van der Waals surface area contributed by atoms with Crippen molar-refractivity contribution in [2.45, 2.75) is 12.6 Å². The third kappa shape index (κ3) is 4.35. The highest BCUT2D eigenvalue weighted by Gasteiger charge is 2.13. The van der Waals surface area contributed by atoms with Gasteiger partial charge in [0.25, 0.3) is 0 Å². The normalized spacial score (nSPS) is 11.8. The number of aliphatic hydroxyl groups is 1. The number of ether oxygens (including phenoxy) is 1. The van der Waals surface area contributed by atoms with Crippen LogP contribution < -0.4 is 15.6 Å². The summed E-state index contributed by atoms with van der Waals surface area (Å²) in [6.07, 6.45) is -0.778. The fourth-order valence-corrected chi connectivity index (χ4v) is 2.80. The summed E-state index contributed by atoms with van der Waals surface area (Å²) in [5, 5.41) is 24.2. The quantitative estimate of drug-likeness (QED) is 0.530. The number of pyridine rings is 1. The van der Waals surface area contributed by atoms with E-state index in [2.05, 4.69) is 10.3 Å². The topological polar surface area (TPSA) is 94.6 Å². The van der Waals surface area contributed by atoms with Crippen LogP contribution in [0.2, 0.25) is 0 Å². The average Bonchev–Trinajstić information content (AvgIpc) is 2.62. The van der Waals surface area contributed by atoms with Gasteiger partial charge in [-0.1, -0.05) is 18.2 Å². The van der Waals surface area contributed by atoms with Gasteiger partial charge in [-0.2, -0.15) is 0 Å². The number of hydrogen-bond donors (Lipinski definition) is 4. The van der Waals surface area contributed by atoms with Crippen LogP contribution in [0.25, 0.3) is 10.9 Å². The van der Waals surface area contributed by atoms with Crippen LogP contribution in [-0.2, 0) is 6.54 Å². The Morgan fingerprint density at radius 2 is 2.00 bits per heavy atom. The van der Waals surface area contributed by atoms with E-state index in [-0.39, 0.29) is 23.7 Å². The maximum atomic E-state index is 11.4. The molecule has 0 saturated carbocycles. The molecule has 0 fully saturated rings. The van der Waals surface area contributed by atoms with E-state index in [0.717, 1.165) is 11.3 Å². The SMILES string of the molecule is COc1cccc(CNC[C@H](O)c2ccc(O)c3[nH]c(=O)ccc23)c1.Cl. The van der Waals surface area contributed by atoms with E-state index >= 15 is 0 Å². The predicted molar refractivity (Wildman–Crippen MR) is 103 cm³/mol. The van der Waals surface area contributed by atoms with Crippen LogP contribution in [0.4, 0.5) is 0 Å². The van der Waals surface area contributed by atoms with Gasteiger partial charge in [-0.25, -0.2) is 0 Å². The average molecular weight is 377 g/mol. The summed E-state index contributed by atoms with van der Waals surface area (Å²) in [5.74, 6) is 0.765. The van der Waals surface area contributed by atoms with Gasteiger partial charge in [0.1, 0.15) is 11.5 Å². The zero-order valence-corrected chi connectivity index (χ0v) is 15.0. The summed E-state index contributed by atoms with van der Waals surface area (Å²) in [7, 11) is 1.62. The highest BCUT2D eigenvalue weighted by atomic mass is 35.5. The van der Waals surface area contributed by atoms with Gasteiger partial charge in [0.05, 0.1) is 18.7 Å². The number of H-pyrrole nitrogens is 1. The minimum atomic E-state index is -0.778. The maximum absolute atomic E-state index is 11.4. The fourth-order valence-electron chi connectivity index (χ4n) is 2.80. The Morgan fingerprint density at radius 1 is 1.19 bits per heavy atom. The van der Waals surface area contributed by atoms with Crippen LogP contribution >= 0.6 is 12.4 Å². The molecule has 0 amide bonds. The largest absolute Gasteiger partial charge is 0.506 e. The summed E-state index contributed by atoms with van der Waals surface area (Å²) in [6, 6.07) is 13.8. The first-order chi connectivity index (χ1) is 12.1. The molecule has 2 aromatic carbocycles. The van der Waals surface area contributed by atoms with Crippen molar-refractivity contribution >= 4 is 23.3 Å². The first kappa shape index (κ1) is 19.8. The van der Waals surface area contributed by atoms with E-state index in [4.69, 9.17) is 4.74 Å². The molecule has 0 aliphatic carbocycles. The number of halogens is 1.